The summed E-state index contributed by atoms with van der Waals surface area (Å²) in [4.78, 5) is 16.7. The molecule has 1 aliphatic carbocycles. The molecule has 18 heavy (non-hydrogen) atoms. The molecular formula is C14H27N3O. The van der Waals surface area contributed by atoms with Crippen LogP contribution in [0.15, 0.2) is 0 Å². The van der Waals surface area contributed by atoms with Gasteiger partial charge in [0.15, 0.2) is 0 Å². The van der Waals surface area contributed by atoms with Crippen molar-refractivity contribution in [2.24, 2.45) is 17.1 Å². The maximum absolute atomic E-state index is 12.3. The predicted octanol–water partition coefficient (Wildman–Crippen LogP) is 0.914. The van der Waals surface area contributed by atoms with Gasteiger partial charge < -0.3 is 10.6 Å². The molecule has 1 unspecified atom stereocenters. The summed E-state index contributed by atoms with van der Waals surface area (Å²) in [5, 5.41) is 0. The molecule has 1 heterocycles. The fourth-order valence-corrected chi connectivity index (χ4v) is 2.77. The Kier molecular flexibility index (Phi) is 3.45. The van der Waals surface area contributed by atoms with Crippen molar-refractivity contribution >= 4 is 5.91 Å². The van der Waals surface area contributed by atoms with Crippen LogP contribution < -0.4 is 5.73 Å². The molecule has 1 atom stereocenters. The van der Waals surface area contributed by atoms with Crippen LogP contribution in [0.1, 0.15) is 34.1 Å². The van der Waals surface area contributed by atoms with E-state index in [4.69, 9.17) is 5.73 Å². The highest BCUT2D eigenvalue weighted by Gasteiger charge is 2.52. The van der Waals surface area contributed by atoms with Crippen LogP contribution >= 0.6 is 0 Å². The zero-order valence-electron chi connectivity index (χ0n) is 12.2. The molecular weight excluding hydrogens is 226 g/mol. The average molecular weight is 253 g/mol. The minimum Gasteiger partial charge on any atom is -0.340 e. The van der Waals surface area contributed by atoms with Crippen LogP contribution in [0.4, 0.5) is 0 Å². The Morgan fingerprint density at radius 3 is 2.17 bits per heavy atom. The number of piperazine rings is 1. The minimum atomic E-state index is 0.0496. The lowest BCUT2D eigenvalue weighted by Crippen LogP contribution is -2.58. The summed E-state index contributed by atoms with van der Waals surface area (Å²) in [6.07, 6.45) is 1.06. The van der Waals surface area contributed by atoms with Crippen molar-refractivity contribution in [1.82, 2.24) is 9.80 Å². The highest BCUT2D eigenvalue weighted by atomic mass is 16.2. The van der Waals surface area contributed by atoms with E-state index < -0.39 is 0 Å². The maximum Gasteiger partial charge on any atom is 0.226 e. The van der Waals surface area contributed by atoms with Crippen molar-refractivity contribution in [3.05, 3.63) is 0 Å². The molecule has 2 rings (SSSR count). The Morgan fingerprint density at radius 1 is 1.28 bits per heavy atom. The van der Waals surface area contributed by atoms with E-state index >= 15 is 0 Å². The third kappa shape index (κ3) is 2.54. The van der Waals surface area contributed by atoms with E-state index in [1.165, 1.54) is 0 Å². The third-order valence-corrected chi connectivity index (χ3v) is 4.76. The average Bonchev–Trinajstić information content (AvgIpc) is 2.98. The first-order valence-electron chi connectivity index (χ1n) is 7.02. The zero-order chi connectivity index (χ0) is 13.6. The molecule has 1 saturated heterocycles. The number of amides is 1. The molecule has 2 aliphatic rings. The van der Waals surface area contributed by atoms with Gasteiger partial charge in [-0.1, -0.05) is 13.8 Å². The van der Waals surface area contributed by atoms with Gasteiger partial charge in [0.05, 0.1) is 0 Å². The second-order valence-electron chi connectivity index (χ2n) is 7.07. The van der Waals surface area contributed by atoms with Gasteiger partial charge in [0, 0.05) is 44.2 Å². The molecule has 0 aromatic heterocycles. The van der Waals surface area contributed by atoms with Crippen molar-refractivity contribution in [2.75, 3.05) is 32.7 Å². The van der Waals surface area contributed by atoms with Crippen LogP contribution in [0.2, 0.25) is 0 Å². The zero-order valence-corrected chi connectivity index (χ0v) is 12.2. The lowest BCUT2D eigenvalue weighted by Gasteiger charge is -2.43. The fraction of sp³-hybridized carbons (Fsp3) is 0.929. The van der Waals surface area contributed by atoms with Crippen molar-refractivity contribution in [1.29, 1.82) is 0 Å². The Morgan fingerprint density at radius 2 is 1.78 bits per heavy atom. The van der Waals surface area contributed by atoms with E-state index in [1.54, 1.807) is 0 Å². The predicted molar refractivity (Wildman–Crippen MR) is 73.2 cm³/mol. The van der Waals surface area contributed by atoms with E-state index in [0.717, 1.165) is 32.6 Å². The summed E-state index contributed by atoms with van der Waals surface area (Å²) in [5.41, 5.74) is 6.09. The molecule has 0 bridgehead atoms. The normalized spacial score (nSPS) is 28.3. The first-order valence-corrected chi connectivity index (χ1v) is 7.02. The van der Waals surface area contributed by atoms with Crippen LogP contribution in [0.5, 0.6) is 0 Å². The van der Waals surface area contributed by atoms with Gasteiger partial charge in [-0.15, -0.1) is 0 Å². The Labute approximate surface area is 110 Å². The van der Waals surface area contributed by atoms with Crippen LogP contribution in [-0.4, -0.2) is 54.0 Å². The molecule has 1 aliphatic heterocycles. The number of carbonyl (C=O) groups excluding carboxylic acids is 1. The SMILES string of the molecule is CC1(C)CC1C(=O)N1CCN(C(C)(C)CN)CC1. The standard InChI is InChI=1S/C14H27N3O/c1-13(2)9-11(13)12(18)16-5-7-17(8-6-16)14(3,4)10-15/h11H,5-10,15H2,1-4H3. The molecule has 0 aromatic carbocycles. The first kappa shape index (κ1) is 13.8. The molecule has 0 radical (unpaired) electrons. The van der Waals surface area contributed by atoms with E-state index in [-0.39, 0.29) is 16.9 Å². The number of rotatable bonds is 3. The second-order valence-corrected chi connectivity index (χ2v) is 7.07. The number of nitrogens with two attached hydrogens (primary N) is 1. The second kappa shape index (κ2) is 4.49. The molecule has 1 saturated carbocycles. The van der Waals surface area contributed by atoms with Crippen molar-refractivity contribution < 1.29 is 4.79 Å². The smallest absolute Gasteiger partial charge is 0.226 e. The lowest BCUT2D eigenvalue weighted by molar-refractivity contribution is -0.135. The van der Waals surface area contributed by atoms with Crippen LogP contribution in [0.25, 0.3) is 0 Å². The number of nitrogens with zero attached hydrogens (tertiary/aromatic N) is 2. The van der Waals surface area contributed by atoms with Gasteiger partial charge in [-0.25, -0.2) is 0 Å². The van der Waals surface area contributed by atoms with Gasteiger partial charge in [-0.3, -0.25) is 9.69 Å². The molecule has 104 valence electrons. The van der Waals surface area contributed by atoms with Crippen LogP contribution in [-0.2, 0) is 4.79 Å². The van der Waals surface area contributed by atoms with Crippen molar-refractivity contribution in [3.8, 4) is 0 Å². The van der Waals surface area contributed by atoms with Gasteiger partial charge in [-0.2, -0.15) is 0 Å². The third-order valence-electron chi connectivity index (χ3n) is 4.76. The quantitative estimate of drug-likeness (QED) is 0.813. The highest BCUT2D eigenvalue weighted by molar-refractivity contribution is 5.82. The Bertz CT molecular complexity index is 330. The van der Waals surface area contributed by atoms with Gasteiger partial charge in [-0.05, 0) is 25.7 Å². The minimum absolute atomic E-state index is 0.0496. The van der Waals surface area contributed by atoms with Crippen LogP contribution in [0.3, 0.4) is 0 Å². The first-order chi connectivity index (χ1) is 8.28. The van der Waals surface area contributed by atoms with E-state index in [1.807, 2.05) is 4.90 Å². The van der Waals surface area contributed by atoms with Gasteiger partial charge in [0.1, 0.15) is 0 Å². The van der Waals surface area contributed by atoms with Crippen molar-refractivity contribution in [2.45, 2.75) is 39.7 Å². The van der Waals surface area contributed by atoms with Gasteiger partial charge in [0.25, 0.3) is 0 Å². The molecule has 0 aromatic rings. The molecule has 2 N–H and O–H groups in total. The summed E-state index contributed by atoms with van der Waals surface area (Å²) in [6.45, 7) is 13.0. The largest absolute Gasteiger partial charge is 0.340 e. The molecule has 4 heteroatoms. The summed E-state index contributed by atoms with van der Waals surface area (Å²) < 4.78 is 0. The summed E-state index contributed by atoms with van der Waals surface area (Å²) in [6, 6.07) is 0. The summed E-state index contributed by atoms with van der Waals surface area (Å²) in [5.74, 6) is 0.636. The Balaban J connectivity index is 1.86. The van der Waals surface area contributed by atoms with E-state index in [2.05, 4.69) is 32.6 Å². The molecule has 4 nitrogen and oxygen atoms in total. The monoisotopic (exact) mass is 253 g/mol. The molecule has 0 spiro atoms. The van der Waals surface area contributed by atoms with E-state index in [9.17, 15) is 4.79 Å². The van der Waals surface area contributed by atoms with E-state index in [0.29, 0.717) is 12.5 Å². The number of hydrogen-bond acceptors (Lipinski definition) is 3. The fourth-order valence-electron chi connectivity index (χ4n) is 2.77. The topological polar surface area (TPSA) is 49.6 Å². The highest BCUT2D eigenvalue weighted by Crippen LogP contribution is 2.52. The number of carbonyl (C=O) groups is 1. The lowest BCUT2D eigenvalue weighted by atomic mass is 10.0. The summed E-state index contributed by atoms with van der Waals surface area (Å²) in [7, 11) is 0. The van der Waals surface area contributed by atoms with Crippen LogP contribution in [0, 0.1) is 11.3 Å². The molecule has 1 amide bonds. The number of hydrogen-bond donors (Lipinski definition) is 1. The van der Waals surface area contributed by atoms with Crippen molar-refractivity contribution in [3.63, 3.8) is 0 Å². The Hall–Kier alpha value is -0.610. The molecule has 2 fully saturated rings. The summed E-state index contributed by atoms with van der Waals surface area (Å²) >= 11 is 0. The van der Waals surface area contributed by atoms with Gasteiger partial charge in [0.2, 0.25) is 5.91 Å². The maximum atomic E-state index is 12.3. The van der Waals surface area contributed by atoms with Gasteiger partial charge >= 0.3 is 0 Å².